The van der Waals surface area contributed by atoms with Crippen molar-refractivity contribution in [1.29, 1.82) is 0 Å². The van der Waals surface area contributed by atoms with Crippen molar-refractivity contribution in [3.63, 3.8) is 0 Å². The largest absolute Gasteiger partial charge is 0.507 e. The minimum atomic E-state index is -0.819. The number of phenols is 1. The van der Waals surface area contributed by atoms with Crippen LogP contribution < -0.4 is 10.4 Å². The number of likely N-dealkylation sites (tertiary alicyclic amines) is 1. The van der Waals surface area contributed by atoms with Crippen LogP contribution in [0.15, 0.2) is 35.4 Å². The molecule has 2 saturated heterocycles. The molecule has 1 aliphatic carbocycles. The summed E-state index contributed by atoms with van der Waals surface area (Å²) in [6, 6.07) is 6.11. The van der Waals surface area contributed by atoms with Gasteiger partial charge in [0.05, 0.1) is 28.0 Å². The lowest BCUT2D eigenvalue weighted by Crippen LogP contribution is -2.58. The lowest BCUT2D eigenvalue weighted by molar-refractivity contribution is -0.129. The van der Waals surface area contributed by atoms with Crippen LogP contribution in [0.2, 0.25) is 10.0 Å². The Morgan fingerprint density at radius 1 is 1.18 bits per heavy atom. The molecular formula is C28H27Cl2N5O5. The molecule has 4 aliphatic rings. The quantitative estimate of drug-likeness (QED) is 0.457. The van der Waals surface area contributed by atoms with Crippen LogP contribution in [0.1, 0.15) is 55.6 Å². The summed E-state index contributed by atoms with van der Waals surface area (Å²) in [4.78, 5) is 42.6. The second-order valence-electron chi connectivity index (χ2n) is 11.1. The Bertz CT molecular complexity index is 1590. The number of carbonyl (C=O) groups is 2. The number of hydrogen-bond donors (Lipinski definition) is 2. The van der Waals surface area contributed by atoms with E-state index >= 15 is 0 Å². The third kappa shape index (κ3) is 3.61. The fraction of sp³-hybridized carbons (Fsp3) is 0.429. The first-order valence-electron chi connectivity index (χ1n) is 13.5. The van der Waals surface area contributed by atoms with E-state index in [-0.39, 0.29) is 37.1 Å². The monoisotopic (exact) mass is 583 g/mol. The topological polar surface area (TPSA) is 121 Å². The van der Waals surface area contributed by atoms with Crippen molar-refractivity contribution >= 4 is 35.1 Å². The molecule has 3 fully saturated rings. The Morgan fingerprint density at radius 3 is 2.70 bits per heavy atom. The molecular weight excluding hydrogens is 557 g/mol. The molecule has 7 rings (SSSR count). The first kappa shape index (κ1) is 25.5. The number of amides is 2. The van der Waals surface area contributed by atoms with Gasteiger partial charge in [-0.15, -0.1) is 0 Å². The van der Waals surface area contributed by atoms with E-state index in [1.807, 2.05) is 6.07 Å². The minimum Gasteiger partial charge on any atom is -0.507 e. The molecule has 1 saturated carbocycles. The second-order valence-corrected chi connectivity index (χ2v) is 11.9. The number of aromatic hydroxyl groups is 1. The van der Waals surface area contributed by atoms with Gasteiger partial charge in [-0.25, -0.2) is 19.3 Å². The number of aromatic amines is 1. The van der Waals surface area contributed by atoms with Crippen molar-refractivity contribution in [2.24, 2.45) is 0 Å². The van der Waals surface area contributed by atoms with Gasteiger partial charge in [0, 0.05) is 29.8 Å². The van der Waals surface area contributed by atoms with Crippen molar-refractivity contribution in [1.82, 2.24) is 24.6 Å². The van der Waals surface area contributed by atoms with E-state index in [9.17, 15) is 19.5 Å². The number of ether oxygens (including phenoxy) is 1. The van der Waals surface area contributed by atoms with Crippen molar-refractivity contribution in [3.8, 4) is 22.6 Å². The van der Waals surface area contributed by atoms with Gasteiger partial charge in [-0.1, -0.05) is 35.7 Å². The molecule has 0 bridgehead atoms. The minimum absolute atomic E-state index is 0.0351. The predicted molar refractivity (Wildman–Crippen MR) is 147 cm³/mol. The molecule has 3 aliphatic heterocycles. The van der Waals surface area contributed by atoms with Gasteiger partial charge in [0.1, 0.15) is 24.4 Å². The first-order chi connectivity index (χ1) is 19.3. The fourth-order valence-corrected chi connectivity index (χ4v) is 7.65. The molecule has 12 heteroatoms. The zero-order chi connectivity index (χ0) is 27.8. The number of nitrogens with zero attached hydrogens (tertiary/aromatic N) is 4. The van der Waals surface area contributed by atoms with Crippen LogP contribution in [0.5, 0.6) is 11.5 Å². The van der Waals surface area contributed by atoms with Crippen LogP contribution >= 0.6 is 23.2 Å². The van der Waals surface area contributed by atoms with Crippen molar-refractivity contribution in [2.75, 3.05) is 13.2 Å². The summed E-state index contributed by atoms with van der Waals surface area (Å²) in [6.07, 6.45) is 5.72. The average Bonchev–Trinajstić information content (AvgIpc) is 3.53. The van der Waals surface area contributed by atoms with Gasteiger partial charge >= 0.3 is 11.7 Å². The first-order valence-corrected chi connectivity index (χ1v) is 14.2. The van der Waals surface area contributed by atoms with E-state index in [1.165, 1.54) is 0 Å². The van der Waals surface area contributed by atoms with Crippen LogP contribution in [0, 0.1) is 0 Å². The molecule has 1 aromatic heterocycles. The number of hydrogen-bond acceptors (Lipinski definition) is 6. The van der Waals surface area contributed by atoms with Gasteiger partial charge in [-0.3, -0.25) is 4.79 Å². The van der Waals surface area contributed by atoms with Crippen LogP contribution in [-0.2, 0) is 11.3 Å². The molecule has 3 aromatic rings. The maximum Gasteiger partial charge on any atom is 0.351 e. The summed E-state index contributed by atoms with van der Waals surface area (Å²) in [7, 11) is 0. The van der Waals surface area contributed by atoms with Gasteiger partial charge in [-0.05, 0) is 55.4 Å². The summed E-state index contributed by atoms with van der Waals surface area (Å²) in [5.74, 6) is 0.672. The lowest BCUT2D eigenvalue weighted by atomic mass is 9.76. The van der Waals surface area contributed by atoms with Gasteiger partial charge in [0.15, 0.2) is 0 Å². The van der Waals surface area contributed by atoms with E-state index in [4.69, 9.17) is 27.9 Å². The van der Waals surface area contributed by atoms with E-state index < -0.39 is 23.3 Å². The SMILES string of the molecule is O=C1CC2(CCCN2C(=O)n2cn[nH]c2=O)C2COc3c(cc(C4CCC4)c(-c4c(O)cccc4Cl)c3Cl)CN12. The number of aromatic nitrogens is 3. The van der Waals surface area contributed by atoms with Crippen LogP contribution in [-0.4, -0.2) is 66.3 Å². The van der Waals surface area contributed by atoms with Crippen LogP contribution in [0.3, 0.4) is 0 Å². The van der Waals surface area contributed by atoms with Crippen molar-refractivity contribution in [2.45, 2.75) is 62.6 Å². The Balaban J connectivity index is 1.31. The normalized spacial score (nSPS) is 24.1. The number of phenolic OH excluding ortho intramolecular Hbond substituents is 1. The van der Waals surface area contributed by atoms with Gasteiger partial charge in [0.2, 0.25) is 5.91 Å². The predicted octanol–water partition coefficient (Wildman–Crippen LogP) is 4.51. The number of benzene rings is 2. The molecule has 208 valence electrons. The van der Waals surface area contributed by atoms with Gasteiger partial charge in [-0.2, -0.15) is 5.10 Å². The third-order valence-corrected chi connectivity index (χ3v) is 9.81. The smallest absolute Gasteiger partial charge is 0.351 e. The van der Waals surface area contributed by atoms with Gasteiger partial charge in [0.25, 0.3) is 0 Å². The molecule has 0 radical (unpaired) electrons. The second kappa shape index (κ2) is 9.27. The van der Waals surface area contributed by atoms with Crippen LogP contribution in [0.4, 0.5) is 4.79 Å². The number of carbonyl (C=O) groups excluding carboxylic acids is 2. The number of H-pyrrole nitrogens is 1. The molecule has 2 amide bonds. The van der Waals surface area contributed by atoms with E-state index in [0.29, 0.717) is 46.3 Å². The Morgan fingerprint density at radius 2 is 2.00 bits per heavy atom. The molecule has 2 atom stereocenters. The van der Waals surface area contributed by atoms with Crippen molar-refractivity contribution < 1.29 is 19.4 Å². The highest BCUT2D eigenvalue weighted by atomic mass is 35.5. The van der Waals surface area contributed by atoms with E-state index in [0.717, 1.165) is 41.3 Å². The molecule has 2 aromatic carbocycles. The Kier molecular flexibility index (Phi) is 5.90. The van der Waals surface area contributed by atoms with E-state index in [2.05, 4.69) is 10.2 Å². The summed E-state index contributed by atoms with van der Waals surface area (Å²) in [5, 5.41) is 17.5. The molecule has 1 spiro atoms. The average molecular weight is 584 g/mol. The van der Waals surface area contributed by atoms with Crippen molar-refractivity contribution in [3.05, 3.63) is 62.2 Å². The highest BCUT2D eigenvalue weighted by molar-refractivity contribution is 6.38. The molecule has 10 nitrogen and oxygen atoms in total. The molecule has 4 heterocycles. The van der Waals surface area contributed by atoms with Crippen LogP contribution in [0.25, 0.3) is 11.1 Å². The summed E-state index contributed by atoms with van der Waals surface area (Å²) < 4.78 is 7.36. The third-order valence-electron chi connectivity index (χ3n) is 9.13. The maximum absolute atomic E-state index is 13.6. The van der Waals surface area contributed by atoms with E-state index in [1.54, 1.807) is 28.0 Å². The highest BCUT2D eigenvalue weighted by Gasteiger charge is 2.59. The lowest BCUT2D eigenvalue weighted by Gasteiger charge is -2.39. The summed E-state index contributed by atoms with van der Waals surface area (Å²) in [5.41, 5.74) is 1.46. The number of rotatable bonds is 2. The van der Waals surface area contributed by atoms with Gasteiger partial charge < -0.3 is 19.6 Å². The molecule has 40 heavy (non-hydrogen) atoms. The molecule has 2 unspecified atom stereocenters. The highest BCUT2D eigenvalue weighted by Crippen LogP contribution is 2.53. The number of fused-ring (bicyclic) bond motifs is 3. The standard InChI is InChI=1S/C28H27Cl2N5O5/c29-18-6-2-7-19(36)23(18)22-17(15-4-1-5-15)10-16-12-33-20(13-40-25(16)24(22)30)28(11-21(33)37)8-3-9-35(28)27(39)34-14-31-32-26(34)38/h2,6-7,10,14-15,20,36H,1,3-5,8-9,11-13H2,(H,32,38). The zero-order valence-electron chi connectivity index (χ0n) is 21.5. The fourth-order valence-electron chi connectivity index (χ4n) is 7.00. The number of nitrogens with one attached hydrogen (secondary N) is 1. The Labute approximate surface area is 239 Å². The summed E-state index contributed by atoms with van der Waals surface area (Å²) >= 11 is 13.7. The maximum atomic E-state index is 13.6. The molecule has 2 N–H and O–H groups in total. The number of halogens is 2. The summed E-state index contributed by atoms with van der Waals surface area (Å²) in [6.45, 7) is 0.825. The Hall–Kier alpha value is -3.50. The zero-order valence-corrected chi connectivity index (χ0v) is 23.0.